The second kappa shape index (κ2) is 8.64. The zero-order chi connectivity index (χ0) is 13.4. The van der Waals surface area contributed by atoms with Gasteiger partial charge in [0, 0.05) is 30.0 Å². The van der Waals surface area contributed by atoms with E-state index in [4.69, 9.17) is 15.2 Å². The summed E-state index contributed by atoms with van der Waals surface area (Å²) in [5, 5.41) is 0. The number of rotatable bonds is 8. The standard InChI is InChI=1S/C14H22BrNO2/c1-3-17-14(18-4-2)9-12(10-16)11-5-7-13(15)8-6-11/h5-8,12,14H,3-4,9-10,16H2,1-2H3/t12-/m1/s1. The van der Waals surface area contributed by atoms with E-state index >= 15 is 0 Å². The molecular weight excluding hydrogens is 294 g/mol. The van der Waals surface area contributed by atoms with Crippen molar-refractivity contribution in [1.29, 1.82) is 0 Å². The van der Waals surface area contributed by atoms with Gasteiger partial charge in [-0.3, -0.25) is 0 Å². The van der Waals surface area contributed by atoms with E-state index in [9.17, 15) is 0 Å². The highest BCUT2D eigenvalue weighted by atomic mass is 79.9. The average molecular weight is 316 g/mol. The minimum atomic E-state index is -0.169. The molecule has 0 saturated heterocycles. The Hall–Kier alpha value is -0.420. The Bertz CT molecular complexity index is 323. The molecule has 0 fully saturated rings. The quantitative estimate of drug-likeness (QED) is 0.749. The second-order valence-electron chi connectivity index (χ2n) is 4.06. The molecule has 0 heterocycles. The van der Waals surface area contributed by atoms with E-state index in [1.54, 1.807) is 0 Å². The fourth-order valence-corrected chi connectivity index (χ4v) is 2.16. The molecule has 102 valence electrons. The van der Waals surface area contributed by atoms with Gasteiger partial charge in [-0.2, -0.15) is 0 Å². The van der Waals surface area contributed by atoms with Crippen LogP contribution in [0.4, 0.5) is 0 Å². The first kappa shape index (κ1) is 15.6. The van der Waals surface area contributed by atoms with Crippen molar-refractivity contribution in [3.05, 3.63) is 34.3 Å². The van der Waals surface area contributed by atoms with E-state index in [2.05, 4.69) is 28.1 Å². The minimum absolute atomic E-state index is 0.169. The van der Waals surface area contributed by atoms with Crippen molar-refractivity contribution in [3.8, 4) is 0 Å². The first-order valence-electron chi connectivity index (χ1n) is 6.39. The Morgan fingerprint density at radius 2 is 1.67 bits per heavy atom. The Labute approximate surface area is 118 Å². The third kappa shape index (κ3) is 5.06. The van der Waals surface area contributed by atoms with E-state index in [0.717, 1.165) is 10.9 Å². The molecule has 0 aliphatic rings. The molecule has 1 aromatic rings. The van der Waals surface area contributed by atoms with Gasteiger partial charge in [0.05, 0.1) is 0 Å². The molecule has 0 saturated carbocycles. The number of hydrogen-bond acceptors (Lipinski definition) is 3. The summed E-state index contributed by atoms with van der Waals surface area (Å²) in [6.45, 7) is 5.86. The van der Waals surface area contributed by atoms with Gasteiger partial charge in [0.25, 0.3) is 0 Å². The van der Waals surface area contributed by atoms with Gasteiger partial charge in [-0.15, -0.1) is 0 Å². The molecule has 1 atom stereocenters. The lowest BCUT2D eigenvalue weighted by molar-refractivity contribution is -0.142. The van der Waals surface area contributed by atoms with Crippen LogP contribution in [0, 0.1) is 0 Å². The smallest absolute Gasteiger partial charge is 0.158 e. The summed E-state index contributed by atoms with van der Waals surface area (Å²) in [6.07, 6.45) is 0.622. The number of benzene rings is 1. The Kier molecular flexibility index (Phi) is 7.51. The molecule has 1 aromatic carbocycles. The largest absolute Gasteiger partial charge is 0.353 e. The summed E-state index contributed by atoms with van der Waals surface area (Å²) in [5.74, 6) is 0.265. The highest BCUT2D eigenvalue weighted by molar-refractivity contribution is 9.10. The molecule has 18 heavy (non-hydrogen) atoms. The van der Waals surface area contributed by atoms with E-state index in [1.807, 2.05) is 26.0 Å². The molecule has 0 bridgehead atoms. The van der Waals surface area contributed by atoms with Gasteiger partial charge in [-0.1, -0.05) is 28.1 Å². The third-order valence-corrected chi connectivity index (χ3v) is 3.34. The van der Waals surface area contributed by atoms with E-state index in [-0.39, 0.29) is 12.2 Å². The monoisotopic (exact) mass is 315 g/mol. The van der Waals surface area contributed by atoms with Gasteiger partial charge in [0.2, 0.25) is 0 Å². The van der Waals surface area contributed by atoms with Gasteiger partial charge in [0.1, 0.15) is 0 Å². The van der Waals surface area contributed by atoms with Gasteiger partial charge in [-0.25, -0.2) is 0 Å². The molecule has 0 radical (unpaired) electrons. The van der Waals surface area contributed by atoms with Crippen LogP contribution in [0.3, 0.4) is 0 Å². The van der Waals surface area contributed by atoms with Crippen LogP contribution in [0.5, 0.6) is 0 Å². The molecule has 0 unspecified atom stereocenters. The first-order chi connectivity index (χ1) is 8.71. The topological polar surface area (TPSA) is 44.5 Å². The van der Waals surface area contributed by atoms with Crippen LogP contribution in [-0.2, 0) is 9.47 Å². The van der Waals surface area contributed by atoms with Crippen molar-refractivity contribution < 1.29 is 9.47 Å². The van der Waals surface area contributed by atoms with Crippen molar-refractivity contribution in [3.63, 3.8) is 0 Å². The average Bonchev–Trinajstić information content (AvgIpc) is 2.37. The fraction of sp³-hybridized carbons (Fsp3) is 0.571. The summed E-state index contributed by atoms with van der Waals surface area (Å²) < 4.78 is 12.2. The molecule has 0 aliphatic heterocycles. The summed E-state index contributed by atoms with van der Waals surface area (Å²) in [7, 11) is 0. The maximum atomic E-state index is 5.86. The summed E-state index contributed by atoms with van der Waals surface area (Å²) >= 11 is 3.44. The molecule has 4 heteroatoms. The molecule has 0 aliphatic carbocycles. The fourth-order valence-electron chi connectivity index (χ4n) is 1.89. The molecule has 2 N–H and O–H groups in total. The summed E-state index contributed by atoms with van der Waals surface area (Å²) in [5.41, 5.74) is 7.09. The highest BCUT2D eigenvalue weighted by Gasteiger charge is 2.17. The molecule has 1 rings (SSSR count). The van der Waals surface area contributed by atoms with E-state index in [0.29, 0.717) is 19.8 Å². The zero-order valence-electron chi connectivity index (χ0n) is 11.1. The molecule has 0 spiro atoms. The van der Waals surface area contributed by atoms with Crippen molar-refractivity contribution >= 4 is 15.9 Å². The normalized spacial score (nSPS) is 12.9. The van der Waals surface area contributed by atoms with Crippen LogP contribution in [0.2, 0.25) is 0 Å². The third-order valence-electron chi connectivity index (χ3n) is 2.81. The van der Waals surface area contributed by atoms with Gasteiger partial charge < -0.3 is 15.2 Å². The first-order valence-corrected chi connectivity index (χ1v) is 7.19. The van der Waals surface area contributed by atoms with E-state index < -0.39 is 0 Å². The molecular formula is C14H22BrNO2. The lowest BCUT2D eigenvalue weighted by Gasteiger charge is -2.22. The van der Waals surface area contributed by atoms with Crippen LogP contribution in [-0.4, -0.2) is 26.0 Å². The van der Waals surface area contributed by atoms with Crippen molar-refractivity contribution in [2.24, 2.45) is 5.73 Å². The number of hydrogen-bond donors (Lipinski definition) is 1. The maximum absolute atomic E-state index is 5.86. The zero-order valence-corrected chi connectivity index (χ0v) is 12.7. The van der Waals surface area contributed by atoms with Crippen molar-refractivity contribution in [2.75, 3.05) is 19.8 Å². The minimum Gasteiger partial charge on any atom is -0.353 e. The summed E-state index contributed by atoms with van der Waals surface area (Å²) in [4.78, 5) is 0. The lowest BCUT2D eigenvalue weighted by Crippen LogP contribution is -2.24. The van der Waals surface area contributed by atoms with Crippen LogP contribution < -0.4 is 5.73 Å². The molecule has 3 nitrogen and oxygen atoms in total. The summed E-state index contributed by atoms with van der Waals surface area (Å²) in [6, 6.07) is 8.26. The van der Waals surface area contributed by atoms with Gasteiger partial charge in [0.15, 0.2) is 6.29 Å². The Morgan fingerprint density at radius 1 is 1.11 bits per heavy atom. The molecule has 0 aromatic heterocycles. The maximum Gasteiger partial charge on any atom is 0.158 e. The van der Waals surface area contributed by atoms with Gasteiger partial charge in [-0.05, 0) is 38.1 Å². The van der Waals surface area contributed by atoms with Crippen molar-refractivity contribution in [1.82, 2.24) is 0 Å². The second-order valence-corrected chi connectivity index (χ2v) is 4.98. The molecule has 0 amide bonds. The highest BCUT2D eigenvalue weighted by Crippen LogP contribution is 2.23. The Balaban J connectivity index is 2.67. The predicted molar refractivity (Wildman–Crippen MR) is 77.6 cm³/mol. The lowest BCUT2D eigenvalue weighted by atomic mass is 9.95. The number of nitrogens with two attached hydrogens (primary N) is 1. The predicted octanol–water partition coefficient (Wildman–Crippen LogP) is 3.28. The van der Waals surface area contributed by atoms with Gasteiger partial charge >= 0.3 is 0 Å². The number of halogens is 1. The van der Waals surface area contributed by atoms with Crippen LogP contribution >= 0.6 is 15.9 Å². The van der Waals surface area contributed by atoms with Crippen LogP contribution in [0.15, 0.2) is 28.7 Å². The SMILES string of the molecule is CCOC(C[C@H](CN)c1ccc(Br)cc1)OCC. The van der Waals surface area contributed by atoms with Crippen LogP contribution in [0.1, 0.15) is 31.7 Å². The van der Waals surface area contributed by atoms with Crippen molar-refractivity contribution in [2.45, 2.75) is 32.5 Å². The Morgan fingerprint density at radius 3 is 2.11 bits per heavy atom. The van der Waals surface area contributed by atoms with Crippen LogP contribution in [0.25, 0.3) is 0 Å². The van der Waals surface area contributed by atoms with E-state index in [1.165, 1.54) is 5.56 Å². The number of ether oxygens (including phenoxy) is 2.